The maximum Gasteiger partial charge on any atom is 0.307 e. The molecule has 0 aromatic heterocycles. The van der Waals surface area contributed by atoms with Gasteiger partial charge in [-0.05, 0) is 30.5 Å². The summed E-state index contributed by atoms with van der Waals surface area (Å²) in [4.78, 5) is 11.0. The molecule has 0 spiro atoms. The highest BCUT2D eigenvalue weighted by molar-refractivity contribution is 6.30. The van der Waals surface area contributed by atoms with Crippen molar-refractivity contribution >= 4 is 17.6 Å². The standard InChI is InChI=1S/C12H13ClO2/c1-2-12(7-10(12)11(14)15)8-3-5-9(13)6-4-8/h3-6,10H,2,7H2,1H3,(H,14,15). The number of carboxylic acid groups (broad SMARTS) is 1. The van der Waals surface area contributed by atoms with Crippen LogP contribution in [0.25, 0.3) is 0 Å². The normalized spacial score (nSPS) is 28.8. The molecule has 0 saturated heterocycles. The Morgan fingerprint density at radius 3 is 2.53 bits per heavy atom. The summed E-state index contributed by atoms with van der Waals surface area (Å²) in [5, 5.41) is 9.70. The van der Waals surface area contributed by atoms with Crippen molar-refractivity contribution in [2.75, 3.05) is 0 Å². The molecule has 1 fully saturated rings. The monoisotopic (exact) mass is 224 g/mol. The minimum Gasteiger partial charge on any atom is -0.481 e. The van der Waals surface area contributed by atoms with Gasteiger partial charge in [-0.25, -0.2) is 0 Å². The van der Waals surface area contributed by atoms with Crippen LogP contribution in [0.1, 0.15) is 25.3 Å². The number of hydrogen-bond acceptors (Lipinski definition) is 1. The molecular weight excluding hydrogens is 212 g/mol. The van der Waals surface area contributed by atoms with Gasteiger partial charge in [-0.3, -0.25) is 4.79 Å². The van der Waals surface area contributed by atoms with Gasteiger partial charge in [0.05, 0.1) is 5.92 Å². The Morgan fingerprint density at radius 2 is 2.13 bits per heavy atom. The number of carbonyl (C=O) groups is 1. The first-order valence-electron chi connectivity index (χ1n) is 5.09. The molecule has 0 bridgehead atoms. The Hall–Kier alpha value is -1.02. The molecule has 1 aliphatic carbocycles. The van der Waals surface area contributed by atoms with Gasteiger partial charge in [0, 0.05) is 10.4 Å². The first-order chi connectivity index (χ1) is 7.10. The third kappa shape index (κ3) is 1.63. The van der Waals surface area contributed by atoms with Crippen molar-refractivity contribution in [1.82, 2.24) is 0 Å². The smallest absolute Gasteiger partial charge is 0.307 e. The van der Waals surface area contributed by atoms with Gasteiger partial charge in [0.25, 0.3) is 0 Å². The van der Waals surface area contributed by atoms with Crippen LogP contribution in [0, 0.1) is 5.92 Å². The topological polar surface area (TPSA) is 37.3 Å². The molecule has 2 nitrogen and oxygen atoms in total. The summed E-state index contributed by atoms with van der Waals surface area (Å²) in [6.45, 7) is 2.04. The predicted octanol–water partition coefficient (Wildman–Crippen LogP) is 3.09. The van der Waals surface area contributed by atoms with Crippen LogP contribution < -0.4 is 0 Å². The molecule has 1 aromatic carbocycles. The Kier molecular flexibility index (Phi) is 2.47. The minimum atomic E-state index is -0.688. The summed E-state index contributed by atoms with van der Waals surface area (Å²) >= 11 is 5.81. The molecule has 0 radical (unpaired) electrons. The quantitative estimate of drug-likeness (QED) is 0.857. The zero-order chi connectivity index (χ0) is 11.1. The van der Waals surface area contributed by atoms with Crippen LogP contribution in [-0.4, -0.2) is 11.1 Å². The molecule has 1 saturated carbocycles. The van der Waals surface area contributed by atoms with E-state index in [2.05, 4.69) is 0 Å². The molecule has 1 aromatic rings. The van der Waals surface area contributed by atoms with E-state index in [0.29, 0.717) is 5.02 Å². The lowest BCUT2D eigenvalue weighted by Crippen LogP contribution is -2.13. The van der Waals surface area contributed by atoms with Crippen molar-refractivity contribution in [1.29, 1.82) is 0 Å². The van der Waals surface area contributed by atoms with E-state index in [1.54, 1.807) is 0 Å². The summed E-state index contributed by atoms with van der Waals surface area (Å²) in [7, 11) is 0. The van der Waals surface area contributed by atoms with Gasteiger partial charge in [0.2, 0.25) is 0 Å². The summed E-state index contributed by atoms with van der Waals surface area (Å²) in [5.41, 5.74) is 0.956. The zero-order valence-corrected chi connectivity index (χ0v) is 9.29. The number of benzene rings is 1. The van der Waals surface area contributed by atoms with Crippen molar-refractivity contribution in [3.05, 3.63) is 34.9 Å². The van der Waals surface area contributed by atoms with Crippen molar-refractivity contribution in [2.24, 2.45) is 5.92 Å². The Morgan fingerprint density at radius 1 is 1.53 bits per heavy atom. The number of carboxylic acids is 1. The molecule has 3 heteroatoms. The molecule has 2 atom stereocenters. The second-order valence-electron chi connectivity index (χ2n) is 4.11. The molecule has 1 N–H and O–H groups in total. The molecule has 0 heterocycles. The first-order valence-corrected chi connectivity index (χ1v) is 5.47. The lowest BCUT2D eigenvalue weighted by atomic mass is 9.90. The van der Waals surface area contributed by atoms with Crippen LogP contribution in [0.15, 0.2) is 24.3 Å². The number of halogens is 1. The summed E-state index contributed by atoms with van der Waals surface area (Å²) in [5.74, 6) is -0.907. The Bertz CT molecular complexity index is 385. The highest BCUT2D eigenvalue weighted by Gasteiger charge is 2.58. The van der Waals surface area contributed by atoms with Crippen molar-refractivity contribution < 1.29 is 9.90 Å². The summed E-state index contributed by atoms with van der Waals surface area (Å²) in [6, 6.07) is 7.53. The highest BCUT2D eigenvalue weighted by Crippen LogP contribution is 2.56. The van der Waals surface area contributed by atoms with Crippen LogP contribution in [0.5, 0.6) is 0 Å². The fourth-order valence-corrected chi connectivity index (χ4v) is 2.45. The minimum absolute atomic E-state index is 0.142. The molecule has 1 aliphatic rings. The average Bonchev–Trinajstić information content (AvgIpc) is 2.95. The maximum absolute atomic E-state index is 11.0. The van der Waals surface area contributed by atoms with Crippen LogP contribution in [0.2, 0.25) is 5.02 Å². The second-order valence-corrected chi connectivity index (χ2v) is 4.55. The van der Waals surface area contributed by atoms with E-state index in [0.717, 1.165) is 18.4 Å². The van der Waals surface area contributed by atoms with Crippen LogP contribution >= 0.6 is 11.6 Å². The van der Waals surface area contributed by atoms with E-state index in [9.17, 15) is 4.79 Å². The van der Waals surface area contributed by atoms with E-state index >= 15 is 0 Å². The number of aliphatic carboxylic acids is 1. The summed E-state index contributed by atoms with van der Waals surface area (Å²) in [6.07, 6.45) is 1.62. The SMILES string of the molecule is CCC1(c2ccc(Cl)cc2)CC1C(=O)O. The largest absolute Gasteiger partial charge is 0.481 e. The Balaban J connectivity index is 2.30. The fourth-order valence-electron chi connectivity index (χ4n) is 2.32. The lowest BCUT2D eigenvalue weighted by molar-refractivity contribution is -0.139. The van der Waals surface area contributed by atoms with Crippen LogP contribution in [-0.2, 0) is 10.2 Å². The predicted molar refractivity (Wildman–Crippen MR) is 59.2 cm³/mol. The van der Waals surface area contributed by atoms with E-state index in [1.165, 1.54) is 0 Å². The van der Waals surface area contributed by atoms with Gasteiger partial charge in [-0.2, -0.15) is 0 Å². The van der Waals surface area contributed by atoms with Gasteiger partial charge in [0.15, 0.2) is 0 Å². The van der Waals surface area contributed by atoms with Crippen molar-refractivity contribution in [3.63, 3.8) is 0 Å². The molecule has 2 unspecified atom stereocenters. The fraction of sp³-hybridized carbons (Fsp3) is 0.417. The van der Waals surface area contributed by atoms with Gasteiger partial charge >= 0.3 is 5.97 Å². The first kappa shape index (κ1) is 10.5. The Labute approximate surface area is 93.9 Å². The lowest BCUT2D eigenvalue weighted by Gasteiger charge is -2.14. The van der Waals surface area contributed by atoms with Gasteiger partial charge in [-0.15, -0.1) is 0 Å². The third-order valence-corrected chi connectivity index (χ3v) is 3.68. The molecule has 0 amide bonds. The van der Waals surface area contributed by atoms with Crippen molar-refractivity contribution in [3.8, 4) is 0 Å². The van der Waals surface area contributed by atoms with Crippen LogP contribution in [0.3, 0.4) is 0 Å². The van der Waals surface area contributed by atoms with Gasteiger partial charge in [0.1, 0.15) is 0 Å². The summed E-state index contributed by atoms with van der Waals surface area (Å²) < 4.78 is 0. The van der Waals surface area contributed by atoms with Gasteiger partial charge in [-0.1, -0.05) is 30.7 Å². The van der Waals surface area contributed by atoms with E-state index in [1.807, 2.05) is 31.2 Å². The van der Waals surface area contributed by atoms with Crippen LogP contribution in [0.4, 0.5) is 0 Å². The van der Waals surface area contributed by atoms with E-state index < -0.39 is 5.97 Å². The maximum atomic E-state index is 11.0. The number of rotatable bonds is 3. The van der Waals surface area contributed by atoms with E-state index in [4.69, 9.17) is 16.7 Å². The van der Waals surface area contributed by atoms with Gasteiger partial charge < -0.3 is 5.11 Å². The average molecular weight is 225 g/mol. The second kappa shape index (κ2) is 3.53. The highest BCUT2D eigenvalue weighted by atomic mass is 35.5. The molecule has 2 rings (SSSR count). The molecular formula is C12H13ClO2. The van der Waals surface area contributed by atoms with E-state index in [-0.39, 0.29) is 11.3 Å². The molecule has 80 valence electrons. The molecule has 0 aliphatic heterocycles. The third-order valence-electron chi connectivity index (χ3n) is 3.42. The molecule has 15 heavy (non-hydrogen) atoms. The van der Waals surface area contributed by atoms with Crippen molar-refractivity contribution in [2.45, 2.75) is 25.2 Å². The zero-order valence-electron chi connectivity index (χ0n) is 8.53. The number of hydrogen-bond donors (Lipinski definition) is 1.